The van der Waals surface area contributed by atoms with Crippen LogP contribution in [-0.2, 0) is 13.2 Å². The third kappa shape index (κ3) is 5.30. The van der Waals surface area contributed by atoms with Gasteiger partial charge < -0.3 is 29.3 Å². The summed E-state index contributed by atoms with van der Waals surface area (Å²) in [6.07, 6.45) is 0. The standard InChI is InChI=1S/C27H21FN2O6/c28-18-6-8-19(9-7-18)33-15-20-10-12-24(36-20)27(32)30-22-4-2-1-3-21(22)26(31)29-14-17-5-11-23-25(13-17)35-16-34-23/h1-13H,14-16H2,(H,29,31)(H,30,32). The smallest absolute Gasteiger partial charge is 0.291 e. The van der Waals surface area contributed by atoms with E-state index in [9.17, 15) is 14.0 Å². The van der Waals surface area contributed by atoms with Crippen LogP contribution in [0.5, 0.6) is 17.2 Å². The van der Waals surface area contributed by atoms with Crippen molar-refractivity contribution >= 4 is 17.5 Å². The van der Waals surface area contributed by atoms with Crippen molar-refractivity contribution < 1.29 is 32.6 Å². The Labute approximate surface area is 205 Å². The van der Waals surface area contributed by atoms with E-state index < -0.39 is 5.91 Å². The fourth-order valence-corrected chi connectivity index (χ4v) is 3.57. The van der Waals surface area contributed by atoms with Crippen molar-refractivity contribution in [2.45, 2.75) is 13.2 Å². The lowest BCUT2D eigenvalue weighted by Crippen LogP contribution is -2.24. The predicted octanol–water partition coefficient (Wildman–Crippen LogP) is 4.91. The molecule has 2 N–H and O–H groups in total. The third-order valence-electron chi connectivity index (χ3n) is 5.39. The Balaban J connectivity index is 1.20. The van der Waals surface area contributed by atoms with Crippen molar-refractivity contribution in [3.8, 4) is 17.2 Å². The number of rotatable bonds is 8. The van der Waals surface area contributed by atoms with Crippen LogP contribution in [0.4, 0.5) is 10.1 Å². The van der Waals surface area contributed by atoms with Gasteiger partial charge in [-0.1, -0.05) is 18.2 Å². The van der Waals surface area contributed by atoms with Gasteiger partial charge in [-0.25, -0.2) is 4.39 Å². The van der Waals surface area contributed by atoms with Gasteiger partial charge in [0.2, 0.25) is 6.79 Å². The van der Waals surface area contributed by atoms with Gasteiger partial charge in [0.15, 0.2) is 17.3 Å². The molecule has 1 aliphatic heterocycles. The van der Waals surface area contributed by atoms with Crippen LogP contribution < -0.4 is 24.8 Å². The molecule has 36 heavy (non-hydrogen) atoms. The molecule has 0 unspecified atom stereocenters. The van der Waals surface area contributed by atoms with Gasteiger partial charge in [-0.3, -0.25) is 9.59 Å². The van der Waals surface area contributed by atoms with E-state index in [1.54, 1.807) is 36.4 Å². The highest BCUT2D eigenvalue weighted by Gasteiger charge is 2.18. The number of carbonyl (C=O) groups excluding carboxylic acids is 2. The Morgan fingerprint density at radius 1 is 0.889 bits per heavy atom. The van der Waals surface area contributed by atoms with Crippen LogP contribution in [0, 0.1) is 5.82 Å². The molecule has 0 radical (unpaired) electrons. The summed E-state index contributed by atoms with van der Waals surface area (Å²) >= 11 is 0. The second-order valence-corrected chi connectivity index (χ2v) is 7.88. The maximum Gasteiger partial charge on any atom is 0.291 e. The first-order valence-electron chi connectivity index (χ1n) is 11.1. The zero-order valence-electron chi connectivity index (χ0n) is 19.0. The second kappa shape index (κ2) is 10.2. The number of amides is 2. The SMILES string of the molecule is O=C(Nc1ccccc1C(=O)NCc1ccc2c(c1)OCO2)c1ccc(COc2ccc(F)cc2)o1. The quantitative estimate of drug-likeness (QED) is 0.366. The summed E-state index contributed by atoms with van der Waals surface area (Å²) in [6.45, 7) is 0.516. The summed E-state index contributed by atoms with van der Waals surface area (Å²) in [5, 5.41) is 5.57. The van der Waals surface area contributed by atoms with Gasteiger partial charge in [0, 0.05) is 6.54 Å². The van der Waals surface area contributed by atoms with Gasteiger partial charge >= 0.3 is 0 Å². The van der Waals surface area contributed by atoms with Crippen molar-refractivity contribution in [2.24, 2.45) is 0 Å². The molecule has 0 saturated heterocycles. The van der Waals surface area contributed by atoms with Gasteiger partial charge in [0.1, 0.15) is 23.9 Å². The first-order chi connectivity index (χ1) is 17.5. The Hall–Kier alpha value is -4.79. The maximum absolute atomic E-state index is 13.0. The molecule has 0 fully saturated rings. The molecule has 9 heteroatoms. The number of benzene rings is 3. The summed E-state index contributed by atoms with van der Waals surface area (Å²) < 4.78 is 34.8. The molecule has 8 nitrogen and oxygen atoms in total. The summed E-state index contributed by atoms with van der Waals surface area (Å²) in [4.78, 5) is 25.6. The minimum atomic E-state index is -0.515. The highest BCUT2D eigenvalue weighted by molar-refractivity contribution is 6.07. The Morgan fingerprint density at radius 3 is 2.56 bits per heavy atom. The average molecular weight is 488 g/mol. The summed E-state index contributed by atoms with van der Waals surface area (Å²) in [6, 6.07) is 20.8. The van der Waals surface area contributed by atoms with E-state index in [0.29, 0.717) is 34.3 Å². The Morgan fingerprint density at radius 2 is 1.69 bits per heavy atom. The zero-order valence-corrected chi connectivity index (χ0v) is 19.0. The molecule has 182 valence electrons. The number of fused-ring (bicyclic) bond motifs is 1. The van der Waals surface area contributed by atoms with E-state index in [1.165, 1.54) is 30.3 Å². The number of anilines is 1. The average Bonchev–Trinajstić information content (AvgIpc) is 3.57. The highest BCUT2D eigenvalue weighted by Crippen LogP contribution is 2.32. The van der Waals surface area contributed by atoms with E-state index in [-0.39, 0.29) is 37.4 Å². The molecule has 4 aromatic rings. The minimum Gasteiger partial charge on any atom is -0.486 e. The molecule has 2 heterocycles. The predicted molar refractivity (Wildman–Crippen MR) is 128 cm³/mol. The minimum absolute atomic E-state index is 0.0586. The number of hydrogen-bond acceptors (Lipinski definition) is 6. The van der Waals surface area contributed by atoms with Crippen molar-refractivity contribution in [3.05, 3.63) is 107 Å². The first-order valence-corrected chi connectivity index (χ1v) is 11.1. The second-order valence-electron chi connectivity index (χ2n) is 7.88. The van der Waals surface area contributed by atoms with Gasteiger partial charge in [0.25, 0.3) is 11.8 Å². The molecule has 1 aromatic heterocycles. The molecule has 0 aliphatic carbocycles. The fraction of sp³-hybridized carbons (Fsp3) is 0.111. The largest absolute Gasteiger partial charge is 0.486 e. The molecule has 3 aromatic carbocycles. The number of para-hydroxylation sites is 1. The lowest BCUT2D eigenvalue weighted by molar-refractivity contribution is 0.0951. The van der Waals surface area contributed by atoms with Crippen molar-refractivity contribution in [1.82, 2.24) is 5.32 Å². The summed E-state index contributed by atoms with van der Waals surface area (Å²) in [5.74, 6) is 1.02. The molecule has 0 atom stereocenters. The van der Waals surface area contributed by atoms with Crippen LogP contribution in [0.3, 0.4) is 0 Å². The van der Waals surface area contributed by atoms with Crippen LogP contribution >= 0.6 is 0 Å². The van der Waals surface area contributed by atoms with E-state index in [4.69, 9.17) is 18.6 Å². The topological polar surface area (TPSA) is 99.0 Å². The molecule has 5 rings (SSSR count). The van der Waals surface area contributed by atoms with Gasteiger partial charge in [-0.05, 0) is 66.2 Å². The van der Waals surface area contributed by atoms with Crippen molar-refractivity contribution in [1.29, 1.82) is 0 Å². The lowest BCUT2D eigenvalue weighted by atomic mass is 10.1. The summed E-state index contributed by atoms with van der Waals surface area (Å²) in [7, 11) is 0. The van der Waals surface area contributed by atoms with Gasteiger partial charge in [-0.2, -0.15) is 0 Å². The zero-order chi connectivity index (χ0) is 24.9. The maximum atomic E-state index is 13.0. The number of hydrogen-bond donors (Lipinski definition) is 2. The molecular weight excluding hydrogens is 467 g/mol. The van der Waals surface area contributed by atoms with Crippen LogP contribution in [-0.4, -0.2) is 18.6 Å². The van der Waals surface area contributed by atoms with Crippen LogP contribution in [0.2, 0.25) is 0 Å². The fourth-order valence-electron chi connectivity index (χ4n) is 3.57. The first kappa shape index (κ1) is 23.0. The Kier molecular flexibility index (Phi) is 6.53. The van der Waals surface area contributed by atoms with E-state index >= 15 is 0 Å². The van der Waals surface area contributed by atoms with Crippen LogP contribution in [0.15, 0.2) is 83.3 Å². The summed E-state index contributed by atoms with van der Waals surface area (Å²) in [5.41, 5.74) is 1.49. The molecule has 0 spiro atoms. The molecule has 2 amide bonds. The van der Waals surface area contributed by atoms with Crippen LogP contribution in [0.25, 0.3) is 0 Å². The number of ether oxygens (including phenoxy) is 3. The number of halogens is 1. The monoisotopic (exact) mass is 488 g/mol. The van der Waals surface area contributed by atoms with Crippen LogP contribution in [0.1, 0.15) is 32.2 Å². The van der Waals surface area contributed by atoms with Crippen molar-refractivity contribution in [2.75, 3.05) is 12.1 Å². The van der Waals surface area contributed by atoms with E-state index in [2.05, 4.69) is 10.6 Å². The highest BCUT2D eigenvalue weighted by atomic mass is 19.1. The lowest BCUT2D eigenvalue weighted by Gasteiger charge is -2.11. The molecular formula is C27H21FN2O6. The Bertz CT molecular complexity index is 1400. The van der Waals surface area contributed by atoms with Gasteiger partial charge in [0.05, 0.1) is 11.3 Å². The van der Waals surface area contributed by atoms with E-state index in [0.717, 1.165) is 5.56 Å². The molecule has 0 bridgehead atoms. The normalized spacial score (nSPS) is 11.7. The number of furan rings is 1. The molecule has 0 saturated carbocycles. The molecule has 1 aliphatic rings. The van der Waals surface area contributed by atoms with E-state index in [1.807, 2.05) is 12.1 Å². The third-order valence-corrected chi connectivity index (χ3v) is 5.39. The number of nitrogens with one attached hydrogen (secondary N) is 2. The van der Waals surface area contributed by atoms with Gasteiger partial charge in [-0.15, -0.1) is 0 Å². The number of carbonyl (C=O) groups is 2. The van der Waals surface area contributed by atoms with Crippen molar-refractivity contribution in [3.63, 3.8) is 0 Å².